The summed E-state index contributed by atoms with van der Waals surface area (Å²) in [7, 11) is 4.04. The van der Waals surface area contributed by atoms with Crippen molar-refractivity contribution in [2.75, 3.05) is 12.4 Å². The normalized spacial score (nSPS) is 11.2. The summed E-state index contributed by atoms with van der Waals surface area (Å²) in [6.07, 6.45) is 0. The van der Waals surface area contributed by atoms with E-state index < -0.39 is 0 Å². The highest BCUT2D eigenvalue weighted by molar-refractivity contribution is 7.16. The van der Waals surface area contributed by atoms with Gasteiger partial charge in [0, 0.05) is 41.1 Å². The van der Waals surface area contributed by atoms with Crippen LogP contribution in [0.4, 0.5) is 5.13 Å². The summed E-state index contributed by atoms with van der Waals surface area (Å²) >= 11 is 1.71. The minimum atomic E-state index is 0.974. The van der Waals surface area contributed by atoms with Gasteiger partial charge in [0.05, 0.1) is 5.69 Å². The van der Waals surface area contributed by atoms with Crippen LogP contribution in [0.2, 0.25) is 0 Å². The molecule has 2 heterocycles. The zero-order valence-electron chi connectivity index (χ0n) is 12.5. The van der Waals surface area contributed by atoms with E-state index in [9.17, 15) is 0 Å². The Morgan fingerprint density at radius 1 is 1.20 bits per heavy atom. The minimum absolute atomic E-state index is 0.974. The van der Waals surface area contributed by atoms with Gasteiger partial charge in [-0.15, -0.1) is 11.3 Å². The quantitative estimate of drug-likeness (QED) is 0.762. The van der Waals surface area contributed by atoms with E-state index in [1.54, 1.807) is 11.3 Å². The molecule has 0 radical (unpaired) electrons. The van der Waals surface area contributed by atoms with Gasteiger partial charge in [0.15, 0.2) is 5.13 Å². The number of rotatable bonds is 2. The second-order valence-corrected chi connectivity index (χ2v) is 6.42. The fourth-order valence-corrected chi connectivity index (χ4v) is 3.49. The summed E-state index contributed by atoms with van der Waals surface area (Å²) in [6, 6.07) is 6.62. The first-order chi connectivity index (χ1) is 9.52. The first kappa shape index (κ1) is 13.2. The zero-order valence-corrected chi connectivity index (χ0v) is 13.4. The number of hydrogen-bond acceptors (Lipinski definition) is 3. The zero-order chi connectivity index (χ0) is 14.4. The number of benzene rings is 1. The van der Waals surface area contributed by atoms with Gasteiger partial charge in [0.1, 0.15) is 0 Å². The molecule has 0 fully saturated rings. The lowest BCUT2D eigenvalue weighted by Crippen LogP contribution is -1.91. The molecule has 3 nitrogen and oxygen atoms in total. The molecule has 0 aliphatic heterocycles. The van der Waals surface area contributed by atoms with Crippen LogP contribution in [0.3, 0.4) is 0 Å². The Morgan fingerprint density at radius 2 is 1.95 bits per heavy atom. The lowest BCUT2D eigenvalue weighted by Gasteiger charge is -2.00. The second kappa shape index (κ2) is 4.63. The molecule has 1 N–H and O–H groups in total. The van der Waals surface area contributed by atoms with Crippen LogP contribution in [-0.2, 0) is 7.05 Å². The first-order valence-corrected chi connectivity index (χ1v) is 7.55. The van der Waals surface area contributed by atoms with E-state index >= 15 is 0 Å². The molecule has 0 saturated heterocycles. The summed E-state index contributed by atoms with van der Waals surface area (Å²) in [5.74, 6) is 0. The third kappa shape index (κ3) is 1.83. The summed E-state index contributed by atoms with van der Waals surface area (Å²) < 4.78 is 2.25. The minimum Gasteiger partial charge on any atom is -0.365 e. The molecule has 2 aromatic heterocycles. The maximum atomic E-state index is 4.75. The average Bonchev–Trinajstić information content (AvgIpc) is 2.89. The Hall–Kier alpha value is -1.81. The van der Waals surface area contributed by atoms with Crippen molar-refractivity contribution in [1.29, 1.82) is 0 Å². The molecule has 0 saturated carbocycles. The van der Waals surface area contributed by atoms with Crippen molar-refractivity contribution in [2.24, 2.45) is 7.05 Å². The van der Waals surface area contributed by atoms with Crippen molar-refractivity contribution in [3.05, 3.63) is 34.3 Å². The highest BCUT2D eigenvalue weighted by atomic mass is 32.1. The number of thiazole rings is 1. The van der Waals surface area contributed by atoms with Gasteiger partial charge in [0.2, 0.25) is 0 Å². The third-order valence-corrected chi connectivity index (χ3v) is 4.88. The number of aromatic nitrogens is 2. The van der Waals surface area contributed by atoms with Crippen LogP contribution < -0.4 is 5.32 Å². The molecule has 104 valence electrons. The molecular weight excluding hydrogens is 266 g/mol. The van der Waals surface area contributed by atoms with Crippen LogP contribution in [0, 0.1) is 20.8 Å². The van der Waals surface area contributed by atoms with E-state index in [1.807, 2.05) is 7.05 Å². The maximum absolute atomic E-state index is 4.75. The molecule has 4 heteroatoms. The van der Waals surface area contributed by atoms with Gasteiger partial charge < -0.3 is 9.88 Å². The van der Waals surface area contributed by atoms with E-state index in [1.165, 1.54) is 32.6 Å². The van der Waals surface area contributed by atoms with Crippen molar-refractivity contribution in [1.82, 2.24) is 9.55 Å². The first-order valence-electron chi connectivity index (χ1n) is 6.74. The predicted octanol–water partition coefficient (Wildman–Crippen LogP) is 4.27. The molecule has 1 aromatic carbocycles. The molecule has 0 aliphatic carbocycles. The standard InChI is InChI=1S/C16H19N3S/c1-9-6-7-13-12(8-9)14(10(2)19(13)5)15-11(3)20-16(17-4)18-15/h6-8H,1-5H3,(H,17,18). The molecule has 0 aliphatic rings. The van der Waals surface area contributed by atoms with Gasteiger partial charge in [-0.25, -0.2) is 4.98 Å². The van der Waals surface area contributed by atoms with Crippen molar-refractivity contribution < 1.29 is 0 Å². The Bertz CT molecular complexity index is 796. The van der Waals surface area contributed by atoms with E-state index in [4.69, 9.17) is 4.98 Å². The van der Waals surface area contributed by atoms with Crippen LogP contribution >= 0.6 is 11.3 Å². The third-order valence-electron chi connectivity index (χ3n) is 3.89. The van der Waals surface area contributed by atoms with E-state index in [0.29, 0.717) is 0 Å². The molecule has 3 aromatic rings. The molecule has 0 atom stereocenters. The Labute approximate surface area is 123 Å². The number of aryl methyl sites for hydroxylation is 3. The molecule has 0 amide bonds. The highest BCUT2D eigenvalue weighted by Gasteiger charge is 2.18. The fraction of sp³-hybridized carbons (Fsp3) is 0.312. The number of nitrogens with zero attached hydrogens (tertiary/aromatic N) is 2. The van der Waals surface area contributed by atoms with Crippen LogP contribution in [0.1, 0.15) is 16.1 Å². The molecule has 3 rings (SSSR count). The van der Waals surface area contributed by atoms with Gasteiger partial charge in [-0.2, -0.15) is 0 Å². The van der Waals surface area contributed by atoms with Gasteiger partial charge in [0.25, 0.3) is 0 Å². The van der Waals surface area contributed by atoms with Crippen LogP contribution in [0.15, 0.2) is 18.2 Å². The van der Waals surface area contributed by atoms with Crippen molar-refractivity contribution >= 4 is 27.4 Å². The summed E-state index contributed by atoms with van der Waals surface area (Å²) in [4.78, 5) is 6.00. The van der Waals surface area contributed by atoms with E-state index in [0.717, 1.165) is 10.8 Å². The lowest BCUT2D eigenvalue weighted by atomic mass is 10.1. The molecule has 0 spiro atoms. The SMILES string of the molecule is CNc1nc(-c2c(C)n(C)c3ccc(C)cc23)c(C)s1. The molecular formula is C16H19N3S. The van der Waals surface area contributed by atoms with Gasteiger partial charge in [-0.1, -0.05) is 11.6 Å². The highest BCUT2D eigenvalue weighted by Crippen LogP contribution is 2.38. The topological polar surface area (TPSA) is 29.9 Å². The Morgan fingerprint density at radius 3 is 2.60 bits per heavy atom. The largest absolute Gasteiger partial charge is 0.365 e. The summed E-state index contributed by atoms with van der Waals surface area (Å²) in [6.45, 7) is 6.45. The van der Waals surface area contributed by atoms with Gasteiger partial charge >= 0.3 is 0 Å². The number of anilines is 1. The summed E-state index contributed by atoms with van der Waals surface area (Å²) in [5, 5.41) is 5.41. The smallest absolute Gasteiger partial charge is 0.183 e. The summed E-state index contributed by atoms with van der Waals surface area (Å²) in [5.41, 5.74) is 6.18. The van der Waals surface area contributed by atoms with Crippen molar-refractivity contribution in [3.8, 4) is 11.3 Å². The van der Waals surface area contributed by atoms with E-state index in [2.05, 4.69) is 55.9 Å². The molecule has 0 bridgehead atoms. The lowest BCUT2D eigenvalue weighted by molar-refractivity contribution is 0.918. The van der Waals surface area contributed by atoms with Crippen molar-refractivity contribution in [2.45, 2.75) is 20.8 Å². The Balaban J connectivity index is 2.37. The van der Waals surface area contributed by atoms with E-state index in [-0.39, 0.29) is 0 Å². The maximum Gasteiger partial charge on any atom is 0.183 e. The van der Waals surface area contributed by atoms with Gasteiger partial charge in [-0.05, 0) is 32.9 Å². The van der Waals surface area contributed by atoms with Crippen molar-refractivity contribution in [3.63, 3.8) is 0 Å². The second-order valence-electron chi connectivity index (χ2n) is 5.21. The van der Waals surface area contributed by atoms with Gasteiger partial charge in [-0.3, -0.25) is 0 Å². The van der Waals surface area contributed by atoms with Crippen LogP contribution in [0.25, 0.3) is 22.2 Å². The average molecular weight is 285 g/mol. The fourth-order valence-electron chi connectivity index (χ4n) is 2.72. The van der Waals surface area contributed by atoms with Crippen LogP contribution in [0.5, 0.6) is 0 Å². The predicted molar refractivity (Wildman–Crippen MR) is 87.8 cm³/mol. The molecule has 0 unspecified atom stereocenters. The number of hydrogen-bond donors (Lipinski definition) is 1. The number of fused-ring (bicyclic) bond motifs is 1. The Kier molecular flexibility index (Phi) is 3.05. The van der Waals surface area contributed by atoms with Crippen LogP contribution in [-0.4, -0.2) is 16.6 Å². The molecule has 20 heavy (non-hydrogen) atoms. The monoisotopic (exact) mass is 285 g/mol. The number of nitrogens with one attached hydrogen (secondary N) is 1.